The van der Waals surface area contributed by atoms with Gasteiger partial charge in [0.1, 0.15) is 11.7 Å². The third kappa shape index (κ3) is 4.41. The van der Waals surface area contributed by atoms with Gasteiger partial charge in [0.15, 0.2) is 0 Å². The number of nitrogens with one attached hydrogen (secondary N) is 3. The molecule has 6 nitrogen and oxygen atoms in total. The lowest BCUT2D eigenvalue weighted by Gasteiger charge is -2.34. The van der Waals surface area contributed by atoms with Crippen molar-refractivity contribution in [1.82, 2.24) is 10.6 Å². The SMILES string of the molecule is C=C1NC(=O)N[C@@H](c2ccc(OCC)cc2)[C@@H]1C(=O)Nc1cccc(Cl)c1. The number of rotatable bonds is 5. The van der Waals surface area contributed by atoms with E-state index in [2.05, 4.69) is 22.5 Å². The number of hydrogen-bond acceptors (Lipinski definition) is 3. The van der Waals surface area contributed by atoms with Gasteiger partial charge in [-0.2, -0.15) is 0 Å². The van der Waals surface area contributed by atoms with Crippen LogP contribution in [0.5, 0.6) is 5.75 Å². The van der Waals surface area contributed by atoms with Crippen LogP contribution in [0.3, 0.4) is 0 Å². The zero-order valence-corrected chi connectivity index (χ0v) is 15.5. The molecule has 1 saturated heterocycles. The molecule has 3 rings (SSSR count). The van der Waals surface area contributed by atoms with Crippen LogP contribution in [0, 0.1) is 5.92 Å². The van der Waals surface area contributed by atoms with Gasteiger partial charge in [0.2, 0.25) is 5.91 Å². The first-order chi connectivity index (χ1) is 13.0. The van der Waals surface area contributed by atoms with Gasteiger partial charge in [-0.1, -0.05) is 36.4 Å². The number of hydrogen-bond donors (Lipinski definition) is 3. The van der Waals surface area contributed by atoms with Crippen LogP contribution in [0.25, 0.3) is 0 Å². The van der Waals surface area contributed by atoms with E-state index in [1.807, 2.05) is 31.2 Å². The second-order valence-corrected chi connectivity index (χ2v) is 6.52. The Balaban J connectivity index is 1.86. The molecule has 27 heavy (non-hydrogen) atoms. The van der Waals surface area contributed by atoms with E-state index in [0.717, 1.165) is 11.3 Å². The molecule has 0 aliphatic carbocycles. The van der Waals surface area contributed by atoms with Gasteiger partial charge in [0.25, 0.3) is 0 Å². The lowest BCUT2D eigenvalue weighted by molar-refractivity contribution is -0.119. The molecule has 0 unspecified atom stereocenters. The van der Waals surface area contributed by atoms with E-state index in [-0.39, 0.29) is 5.91 Å². The van der Waals surface area contributed by atoms with Gasteiger partial charge in [0, 0.05) is 16.4 Å². The fraction of sp³-hybridized carbons (Fsp3) is 0.200. The molecule has 2 aromatic carbocycles. The average molecular weight is 386 g/mol. The number of carbonyl (C=O) groups excluding carboxylic acids is 2. The van der Waals surface area contributed by atoms with E-state index >= 15 is 0 Å². The fourth-order valence-corrected chi connectivity index (χ4v) is 3.19. The molecule has 1 aliphatic heterocycles. The number of amides is 3. The third-order valence-electron chi connectivity index (χ3n) is 4.19. The van der Waals surface area contributed by atoms with Crippen LogP contribution >= 0.6 is 11.6 Å². The van der Waals surface area contributed by atoms with Crippen molar-refractivity contribution in [2.24, 2.45) is 5.92 Å². The number of urea groups is 1. The molecule has 0 bridgehead atoms. The molecule has 140 valence electrons. The first-order valence-electron chi connectivity index (χ1n) is 8.53. The van der Waals surface area contributed by atoms with Crippen LogP contribution in [0.1, 0.15) is 18.5 Å². The van der Waals surface area contributed by atoms with Gasteiger partial charge in [-0.3, -0.25) is 4.79 Å². The molecule has 1 heterocycles. The second-order valence-electron chi connectivity index (χ2n) is 6.08. The molecule has 3 amide bonds. The highest BCUT2D eigenvalue weighted by Gasteiger charge is 2.37. The predicted molar refractivity (Wildman–Crippen MR) is 105 cm³/mol. The summed E-state index contributed by atoms with van der Waals surface area (Å²) in [6.45, 7) is 6.33. The maximum atomic E-state index is 12.9. The first-order valence-corrected chi connectivity index (χ1v) is 8.91. The zero-order valence-electron chi connectivity index (χ0n) is 14.8. The van der Waals surface area contributed by atoms with Gasteiger partial charge < -0.3 is 20.7 Å². The van der Waals surface area contributed by atoms with Crippen molar-refractivity contribution in [3.05, 3.63) is 71.4 Å². The molecule has 0 spiro atoms. The van der Waals surface area contributed by atoms with E-state index in [0.29, 0.717) is 23.0 Å². The van der Waals surface area contributed by atoms with Crippen molar-refractivity contribution in [2.75, 3.05) is 11.9 Å². The number of benzene rings is 2. The maximum Gasteiger partial charge on any atom is 0.319 e. The maximum absolute atomic E-state index is 12.9. The van der Waals surface area contributed by atoms with Crippen LogP contribution in [0.15, 0.2) is 60.8 Å². The second kappa shape index (κ2) is 8.14. The van der Waals surface area contributed by atoms with Crippen molar-refractivity contribution in [3.63, 3.8) is 0 Å². The minimum atomic E-state index is -0.695. The van der Waals surface area contributed by atoms with Crippen molar-refractivity contribution < 1.29 is 14.3 Å². The van der Waals surface area contributed by atoms with Gasteiger partial charge in [-0.25, -0.2) is 4.79 Å². The molecular weight excluding hydrogens is 366 g/mol. The van der Waals surface area contributed by atoms with E-state index in [9.17, 15) is 9.59 Å². The summed E-state index contributed by atoms with van der Waals surface area (Å²) < 4.78 is 5.45. The van der Waals surface area contributed by atoms with Crippen molar-refractivity contribution in [1.29, 1.82) is 0 Å². The van der Waals surface area contributed by atoms with Crippen LogP contribution in [-0.4, -0.2) is 18.5 Å². The monoisotopic (exact) mass is 385 g/mol. The summed E-state index contributed by atoms with van der Waals surface area (Å²) in [5, 5.41) is 8.73. The Labute approximate surface area is 162 Å². The van der Waals surface area contributed by atoms with Crippen molar-refractivity contribution in [2.45, 2.75) is 13.0 Å². The summed E-state index contributed by atoms with van der Waals surface area (Å²) in [5.74, 6) is -0.270. The fourth-order valence-electron chi connectivity index (χ4n) is 3.00. The standard InChI is InChI=1S/C20H20ClN3O3/c1-3-27-16-9-7-13(8-10-16)18-17(12(2)22-20(26)24-18)19(25)23-15-6-4-5-14(21)11-15/h4-11,17-18H,2-3H2,1H3,(H,23,25)(H2,22,24,26)/t17-,18+/m1/s1. The van der Waals surface area contributed by atoms with Crippen LogP contribution < -0.4 is 20.7 Å². The number of carbonyl (C=O) groups is 2. The lowest BCUT2D eigenvalue weighted by atomic mass is 9.88. The molecule has 0 radical (unpaired) electrons. The van der Waals surface area contributed by atoms with E-state index in [4.69, 9.17) is 16.3 Å². The van der Waals surface area contributed by atoms with E-state index in [1.165, 1.54) is 0 Å². The molecule has 1 fully saturated rings. The minimum Gasteiger partial charge on any atom is -0.494 e. The summed E-state index contributed by atoms with van der Waals surface area (Å²) in [4.78, 5) is 24.9. The van der Waals surface area contributed by atoms with E-state index < -0.39 is 18.0 Å². The Morgan fingerprint density at radius 2 is 2.00 bits per heavy atom. The van der Waals surface area contributed by atoms with Crippen molar-refractivity contribution >= 4 is 29.2 Å². The average Bonchev–Trinajstić information content (AvgIpc) is 2.62. The smallest absolute Gasteiger partial charge is 0.319 e. The Hall–Kier alpha value is -2.99. The zero-order chi connectivity index (χ0) is 19.4. The van der Waals surface area contributed by atoms with Gasteiger partial charge in [-0.15, -0.1) is 0 Å². The highest BCUT2D eigenvalue weighted by atomic mass is 35.5. The highest BCUT2D eigenvalue weighted by Crippen LogP contribution is 2.31. The number of ether oxygens (including phenoxy) is 1. The third-order valence-corrected chi connectivity index (χ3v) is 4.43. The van der Waals surface area contributed by atoms with Crippen molar-refractivity contribution in [3.8, 4) is 5.75 Å². The molecule has 3 N–H and O–H groups in total. The predicted octanol–water partition coefficient (Wildman–Crippen LogP) is 3.86. The molecule has 7 heteroatoms. The van der Waals surface area contributed by atoms with Gasteiger partial charge in [-0.05, 0) is 42.8 Å². The highest BCUT2D eigenvalue weighted by molar-refractivity contribution is 6.30. The van der Waals surface area contributed by atoms with Crippen LogP contribution in [0.4, 0.5) is 10.5 Å². The van der Waals surface area contributed by atoms with Gasteiger partial charge in [0.05, 0.1) is 12.6 Å². The summed E-state index contributed by atoms with van der Waals surface area (Å²) in [7, 11) is 0. The summed E-state index contributed by atoms with van der Waals surface area (Å²) in [5.41, 5.74) is 1.68. The summed E-state index contributed by atoms with van der Waals surface area (Å²) >= 11 is 5.98. The van der Waals surface area contributed by atoms with E-state index in [1.54, 1.807) is 24.3 Å². The summed E-state index contributed by atoms with van der Waals surface area (Å²) in [6.07, 6.45) is 0. The molecule has 2 aromatic rings. The van der Waals surface area contributed by atoms with Crippen LogP contribution in [0.2, 0.25) is 5.02 Å². The first kappa shape index (κ1) is 18.8. The Bertz CT molecular complexity index is 867. The number of anilines is 1. The summed E-state index contributed by atoms with van der Waals surface area (Å²) in [6, 6.07) is 13.2. The largest absolute Gasteiger partial charge is 0.494 e. The Kier molecular flexibility index (Phi) is 5.66. The number of halogens is 1. The lowest BCUT2D eigenvalue weighted by Crippen LogP contribution is -2.51. The molecule has 0 aromatic heterocycles. The quantitative estimate of drug-likeness (QED) is 0.731. The molecular formula is C20H20ClN3O3. The minimum absolute atomic E-state index is 0.298. The molecule has 1 aliphatic rings. The topological polar surface area (TPSA) is 79.5 Å². The molecule has 2 atom stereocenters. The van der Waals surface area contributed by atoms with Crippen LogP contribution in [-0.2, 0) is 4.79 Å². The van der Waals surface area contributed by atoms with Gasteiger partial charge >= 0.3 is 6.03 Å². The molecule has 0 saturated carbocycles. The Morgan fingerprint density at radius 1 is 1.26 bits per heavy atom. The normalized spacial score (nSPS) is 19.0. The Morgan fingerprint density at radius 3 is 2.67 bits per heavy atom.